The molecule has 3 rings (SSSR count). The maximum atomic E-state index is 12.2. The smallest absolute Gasteiger partial charge is 0.0894 e. The Balaban J connectivity index is 1.24. The Labute approximate surface area is 192 Å². The van der Waals surface area contributed by atoms with E-state index in [1.807, 2.05) is 0 Å². The van der Waals surface area contributed by atoms with Gasteiger partial charge in [-0.15, -0.1) is 0 Å². The zero-order valence-electron chi connectivity index (χ0n) is 20.5. The summed E-state index contributed by atoms with van der Waals surface area (Å²) in [7, 11) is 0. The maximum Gasteiger partial charge on any atom is 0.0894 e. The third kappa shape index (κ3) is 8.96. The summed E-state index contributed by atoms with van der Waals surface area (Å²) in [5.41, 5.74) is 0. The van der Waals surface area contributed by atoms with Gasteiger partial charge in [-0.05, 0) is 99.7 Å². The molecule has 0 nitrogen and oxygen atoms in total. The van der Waals surface area contributed by atoms with E-state index in [1.165, 1.54) is 109 Å². The summed E-state index contributed by atoms with van der Waals surface area (Å²) in [5, 5.41) is 0. The molecule has 0 heterocycles. The van der Waals surface area contributed by atoms with Gasteiger partial charge in [0, 0.05) is 0 Å². The molecule has 0 amide bonds. The van der Waals surface area contributed by atoms with Gasteiger partial charge in [-0.1, -0.05) is 70.6 Å². The van der Waals surface area contributed by atoms with Crippen LogP contribution in [-0.2, 0) is 0 Å². The molecule has 0 aromatic carbocycles. The predicted molar refractivity (Wildman–Crippen MR) is 130 cm³/mol. The van der Waals surface area contributed by atoms with Crippen molar-refractivity contribution >= 4 is 0 Å². The second-order valence-electron chi connectivity index (χ2n) is 11.7. The summed E-state index contributed by atoms with van der Waals surface area (Å²) in [6.45, 7) is -0.253. The number of halogens is 2. The minimum absolute atomic E-state index is 0.126. The largest absolute Gasteiger partial charge is 0.251 e. The Morgan fingerprint density at radius 1 is 0.355 bits per heavy atom. The molecule has 0 unspecified atom stereocenters. The second kappa shape index (κ2) is 14.9. The highest BCUT2D eigenvalue weighted by molar-refractivity contribution is 4.86. The van der Waals surface area contributed by atoms with Crippen molar-refractivity contribution in [3.8, 4) is 0 Å². The third-order valence-corrected chi connectivity index (χ3v) is 9.67. The molecule has 0 spiro atoms. The standard InChI is InChI=1S/C29H52F2/c30-22-6-2-1-4-8-24-10-14-26(15-11-24)28-18-20-29(21-19-28)27-16-12-25(13-17-27)9-5-3-7-23-31/h24-29H,1-23H2. The lowest BCUT2D eigenvalue weighted by Crippen LogP contribution is -2.29. The van der Waals surface area contributed by atoms with Crippen LogP contribution in [0.3, 0.4) is 0 Å². The fourth-order valence-corrected chi connectivity index (χ4v) is 7.57. The van der Waals surface area contributed by atoms with Gasteiger partial charge in [0.05, 0.1) is 13.3 Å². The summed E-state index contributed by atoms with van der Waals surface area (Å²) in [6.07, 6.45) is 28.3. The Bertz CT molecular complexity index is 426. The monoisotopic (exact) mass is 438 g/mol. The summed E-state index contributed by atoms with van der Waals surface area (Å²) < 4.78 is 24.4. The summed E-state index contributed by atoms with van der Waals surface area (Å²) in [6, 6.07) is 0. The van der Waals surface area contributed by atoms with E-state index in [1.54, 1.807) is 0 Å². The van der Waals surface area contributed by atoms with Gasteiger partial charge in [0.2, 0.25) is 0 Å². The lowest BCUT2D eigenvalue weighted by molar-refractivity contribution is 0.102. The van der Waals surface area contributed by atoms with Crippen LogP contribution in [0.1, 0.15) is 135 Å². The fourth-order valence-electron chi connectivity index (χ4n) is 7.57. The Morgan fingerprint density at radius 3 is 1.00 bits per heavy atom. The highest BCUT2D eigenvalue weighted by atomic mass is 19.1. The van der Waals surface area contributed by atoms with Crippen LogP contribution < -0.4 is 0 Å². The Hall–Kier alpha value is -0.140. The molecular weight excluding hydrogens is 386 g/mol. The quantitative estimate of drug-likeness (QED) is 0.251. The molecule has 182 valence electrons. The van der Waals surface area contributed by atoms with E-state index in [0.29, 0.717) is 0 Å². The zero-order chi connectivity index (χ0) is 21.7. The molecule has 0 radical (unpaired) electrons. The van der Waals surface area contributed by atoms with Crippen molar-refractivity contribution in [3.05, 3.63) is 0 Å². The van der Waals surface area contributed by atoms with Crippen LogP contribution in [0.25, 0.3) is 0 Å². The average molecular weight is 439 g/mol. The lowest BCUT2D eigenvalue weighted by atomic mass is 9.64. The number of alkyl halides is 2. The molecule has 3 aliphatic carbocycles. The number of hydrogen-bond donors (Lipinski definition) is 0. The van der Waals surface area contributed by atoms with Crippen LogP contribution in [0.15, 0.2) is 0 Å². The van der Waals surface area contributed by atoms with Crippen molar-refractivity contribution < 1.29 is 8.78 Å². The van der Waals surface area contributed by atoms with Crippen molar-refractivity contribution in [1.82, 2.24) is 0 Å². The first-order chi connectivity index (χ1) is 15.3. The molecule has 3 fully saturated rings. The summed E-state index contributed by atoms with van der Waals surface area (Å²) >= 11 is 0. The molecule has 0 saturated heterocycles. The second-order valence-corrected chi connectivity index (χ2v) is 11.7. The Kier molecular flexibility index (Phi) is 12.2. The van der Waals surface area contributed by atoms with Gasteiger partial charge in [0.15, 0.2) is 0 Å². The van der Waals surface area contributed by atoms with Gasteiger partial charge in [0.1, 0.15) is 0 Å². The van der Waals surface area contributed by atoms with Crippen molar-refractivity contribution in [2.75, 3.05) is 13.3 Å². The van der Waals surface area contributed by atoms with Crippen LogP contribution in [0.2, 0.25) is 0 Å². The SMILES string of the molecule is FCCCCCCC1CCC(C2CCC(C3CCC(CCCCCF)CC3)CC2)CC1. The van der Waals surface area contributed by atoms with E-state index < -0.39 is 0 Å². The van der Waals surface area contributed by atoms with E-state index in [-0.39, 0.29) is 13.3 Å². The van der Waals surface area contributed by atoms with Gasteiger partial charge in [-0.3, -0.25) is 8.78 Å². The van der Waals surface area contributed by atoms with Gasteiger partial charge in [-0.25, -0.2) is 0 Å². The molecule has 0 aromatic rings. The van der Waals surface area contributed by atoms with Gasteiger partial charge in [0.25, 0.3) is 0 Å². The summed E-state index contributed by atoms with van der Waals surface area (Å²) in [5.74, 6) is 6.05. The molecule has 3 saturated carbocycles. The molecule has 3 aliphatic rings. The molecule has 0 aliphatic heterocycles. The Morgan fingerprint density at radius 2 is 0.645 bits per heavy atom. The van der Waals surface area contributed by atoms with Crippen LogP contribution in [0.4, 0.5) is 8.78 Å². The fraction of sp³-hybridized carbons (Fsp3) is 1.00. The molecule has 0 atom stereocenters. The third-order valence-electron chi connectivity index (χ3n) is 9.67. The molecule has 2 heteroatoms. The van der Waals surface area contributed by atoms with E-state index in [2.05, 4.69) is 0 Å². The minimum atomic E-state index is -0.128. The molecule has 0 aromatic heterocycles. The normalized spacial score (nSPS) is 34.6. The topological polar surface area (TPSA) is 0 Å². The number of rotatable bonds is 13. The molecule has 31 heavy (non-hydrogen) atoms. The lowest BCUT2D eigenvalue weighted by Gasteiger charge is -2.41. The van der Waals surface area contributed by atoms with Gasteiger partial charge >= 0.3 is 0 Å². The summed E-state index contributed by atoms with van der Waals surface area (Å²) in [4.78, 5) is 0. The van der Waals surface area contributed by atoms with Crippen molar-refractivity contribution in [3.63, 3.8) is 0 Å². The van der Waals surface area contributed by atoms with Gasteiger partial charge < -0.3 is 0 Å². The van der Waals surface area contributed by atoms with Crippen molar-refractivity contribution in [2.45, 2.75) is 135 Å². The van der Waals surface area contributed by atoms with Crippen LogP contribution in [0.5, 0.6) is 0 Å². The van der Waals surface area contributed by atoms with E-state index in [0.717, 1.165) is 61.2 Å². The maximum absolute atomic E-state index is 12.2. The highest BCUT2D eigenvalue weighted by Crippen LogP contribution is 2.46. The first-order valence-electron chi connectivity index (χ1n) is 14.4. The molecular formula is C29H52F2. The van der Waals surface area contributed by atoms with Crippen molar-refractivity contribution in [2.24, 2.45) is 35.5 Å². The highest BCUT2D eigenvalue weighted by Gasteiger charge is 2.34. The first-order valence-corrected chi connectivity index (χ1v) is 14.4. The average Bonchev–Trinajstić information content (AvgIpc) is 2.83. The van der Waals surface area contributed by atoms with Crippen LogP contribution >= 0.6 is 0 Å². The van der Waals surface area contributed by atoms with E-state index in [9.17, 15) is 8.78 Å². The van der Waals surface area contributed by atoms with Crippen molar-refractivity contribution in [1.29, 1.82) is 0 Å². The predicted octanol–water partition coefficient (Wildman–Crippen LogP) is 9.86. The van der Waals surface area contributed by atoms with Crippen LogP contribution in [0, 0.1) is 35.5 Å². The zero-order valence-corrected chi connectivity index (χ0v) is 20.5. The van der Waals surface area contributed by atoms with Gasteiger partial charge in [-0.2, -0.15) is 0 Å². The number of hydrogen-bond acceptors (Lipinski definition) is 0. The molecule has 0 bridgehead atoms. The van der Waals surface area contributed by atoms with Crippen LogP contribution in [-0.4, -0.2) is 13.3 Å². The number of unbranched alkanes of at least 4 members (excludes halogenated alkanes) is 5. The molecule has 0 N–H and O–H groups in total. The van der Waals surface area contributed by atoms with E-state index in [4.69, 9.17) is 0 Å². The minimum Gasteiger partial charge on any atom is -0.251 e. The first kappa shape index (κ1) is 25.5. The van der Waals surface area contributed by atoms with E-state index >= 15 is 0 Å².